The van der Waals surface area contributed by atoms with Crippen LogP contribution in [0.4, 0.5) is 0 Å². The molecule has 0 aromatic rings. The molecule has 4 nitrogen and oxygen atoms in total. The third-order valence-corrected chi connectivity index (χ3v) is 1.10. The average Bonchev–Trinajstić information content (AvgIpc) is 1.86. The van der Waals surface area contributed by atoms with Crippen molar-refractivity contribution in [1.82, 2.24) is 5.48 Å². The molecule has 1 amide bonds. The lowest BCUT2D eigenvalue weighted by atomic mass is 10.4. The van der Waals surface area contributed by atoms with Crippen molar-refractivity contribution in [1.29, 1.82) is 0 Å². The van der Waals surface area contributed by atoms with Crippen molar-refractivity contribution in [2.24, 2.45) is 0 Å². The largest absolute Gasteiger partial charge is 0.394 e. The van der Waals surface area contributed by atoms with E-state index in [1.807, 2.05) is 5.48 Å². The van der Waals surface area contributed by atoms with Gasteiger partial charge in [0.25, 0.3) is 5.91 Å². The summed E-state index contributed by atoms with van der Waals surface area (Å²) in [5.74, 6) is -0.658. The summed E-state index contributed by atoms with van der Waals surface area (Å²) in [6, 6.07) is 0. The zero-order valence-corrected chi connectivity index (χ0v) is 7.45. The summed E-state index contributed by atoms with van der Waals surface area (Å²) >= 11 is 10.7. The van der Waals surface area contributed by atoms with Gasteiger partial charge in [-0.3, -0.25) is 9.63 Å². The summed E-state index contributed by atoms with van der Waals surface area (Å²) in [5.41, 5.74) is 1.96. The Morgan fingerprint density at radius 3 is 2.64 bits per heavy atom. The molecule has 66 valence electrons. The van der Waals surface area contributed by atoms with Crippen molar-refractivity contribution >= 4 is 29.1 Å². The van der Waals surface area contributed by atoms with E-state index in [1.54, 1.807) is 0 Å². The lowest BCUT2D eigenvalue weighted by Crippen LogP contribution is -2.36. The highest BCUT2D eigenvalue weighted by molar-refractivity contribution is 6.57. The number of halogens is 2. The van der Waals surface area contributed by atoms with Crippen LogP contribution in [0.2, 0.25) is 0 Å². The number of hydroxylamine groups is 1. The fraction of sp³-hybridized carbons (Fsp3) is 0.800. The fourth-order valence-corrected chi connectivity index (χ4v) is 0.329. The molecule has 0 unspecified atom stereocenters. The highest BCUT2D eigenvalue weighted by Gasteiger charge is 2.27. The van der Waals surface area contributed by atoms with Crippen molar-refractivity contribution < 1.29 is 14.7 Å². The molecule has 0 heterocycles. The summed E-state index contributed by atoms with van der Waals surface area (Å²) in [6.45, 7) is 1.14. The molecule has 0 aromatic heterocycles. The predicted molar refractivity (Wildman–Crippen MR) is 41.3 cm³/mol. The van der Waals surface area contributed by atoms with Gasteiger partial charge < -0.3 is 5.11 Å². The van der Waals surface area contributed by atoms with Crippen LogP contribution in [0.1, 0.15) is 6.92 Å². The fourth-order valence-electron chi connectivity index (χ4n) is 0.252. The van der Waals surface area contributed by atoms with Crippen molar-refractivity contribution in [3.63, 3.8) is 0 Å². The molecular formula is C5H9Cl2NO3. The number of hydrogen-bond acceptors (Lipinski definition) is 3. The zero-order valence-electron chi connectivity index (χ0n) is 5.93. The first-order valence-electron chi connectivity index (χ1n) is 2.89. The minimum Gasteiger partial charge on any atom is -0.394 e. The quantitative estimate of drug-likeness (QED) is 0.389. The van der Waals surface area contributed by atoms with Crippen LogP contribution in [0.25, 0.3) is 0 Å². The van der Waals surface area contributed by atoms with E-state index in [2.05, 4.69) is 4.84 Å². The molecule has 0 aliphatic rings. The molecule has 0 aliphatic heterocycles. The lowest BCUT2D eigenvalue weighted by molar-refractivity contribution is -0.134. The van der Waals surface area contributed by atoms with Gasteiger partial charge in [-0.25, -0.2) is 5.48 Å². The van der Waals surface area contributed by atoms with Crippen LogP contribution >= 0.6 is 23.2 Å². The second-order valence-electron chi connectivity index (χ2n) is 1.89. The molecule has 11 heavy (non-hydrogen) atoms. The Balaban J connectivity index is 3.54. The maximum absolute atomic E-state index is 10.8. The number of aliphatic hydroxyl groups excluding tert-OH is 1. The monoisotopic (exact) mass is 201 g/mol. The smallest absolute Gasteiger partial charge is 0.279 e. The predicted octanol–water partition coefficient (Wildman–Crippen LogP) is 0.220. The van der Waals surface area contributed by atoms with Crippen LogP contribution < -0.4 is 5.48 Å². The van der Waals surface area contributed by atoms with Gasteiger partial charge in [-0.2, -0.15) is 0 Å². The summed E-state index contributed by atoms with van der Waals surface area (Å²) in [5, 5.41) is 8.24. The molecule has 0 aliphatic carbocycles. The van der Waals surface area contributed by atoms with Gasteiger partial charge in [0.2, 0.25) is 0 Å². The lowest BCUT2D eigenvalue weighted by Gasteiger charge is -2.11. The summed E-state index contributed by atoms with van der Waals surface area (Å²) < 4.78 is -1.50. The molecular weight excluding hydrogens is 193 g/mol. The third-order valence-electron chi connectivity index (χ3n) is 0.757. The van der Waals surface area contributed by atoms with Crippen molar-refractivity contribution in [3.05, 3.63) is 0 Å². The number of aliphatic hydroxyl groups is 1. The van der Waals surface area contributed by atoms with E-state index in [1.165, 1.54) is 6.92 Å². The molecule has 0 spiro atoms. The number of rotatable bonds is 4. The van der Waals surface area contributed by atoms with Gasteiger partial charge >= 0.3 is 0 Å². The first kappa shape index (κ1) is 11.0. The Kier molecular flexibility index (Phi) is 4.76. The number of carbonyl (C=O) groups excluding carboxylic acids is 1. The number of alkyl halides is 2. The van der Waals surface area contributed by atoms with Gasteiger partial charge in [-0.05, 0) is 6.92 Å². The normalized spacial score (nSPS) is 11.3. The van der Waals surface area contributed by atoms with E-state index < -0.39 is 10.2 Å². The van der Waals surface area contributed by atoms with E-state index in [9.17, 15) is 4.79 Å². The van der Waals surface area contributed by atoms with E-state index >= 15 is 0 Å². The maximum Gasteiger partial charge on any atom is 0.279 e. The zero-order chi connectivity index (χ0) is 8.91. The SMILES string of the molecule is CC(Cl)(Cl)C(=O)NOCCO. The molecule has 2 N–H and O–H groups in total. The number of hydrogen-bond donors (Lipinski definition) is 2. The standard InChI is InChI=1S/C5H9Cl2NO3/c1-5(6,7)4(10)8-11-3-2-9/h9H,2-3H2,1H3,(H,8,10). The molecule has 0 saturated heterocycles. The molecule has 0 atom stereocenters. The van der Waals surface area contributed by atoms with Gasteiger partial charge in [0.15, 0.2) is 4.33 Å². The number of amides is 1. The summed E-state index contributed by atoms with van der Waals surface area (Å²) in [4.78, 5) is 15.2. The van der Waals surface area contributed by atoms with Crippen molar-refractivity contribution in [3.8, 4) is 0 Å². The van der Waals surface area contributed by atoms with E-state index in [4.69, 9.17) is 28.3 Å². The number of nitrogens with one attached hydrogen (secondary N) is 1. The van der Waals surface area contributed by atoms with Crippen molar-refractivity contribution in [2.45, 2.75) is 11.3 Å². The molecule has 0 fully saturated rings. The van der Waals surface area contributed by atoms with Gasteiger partial charge in [0.05, 0.1) is 13.2 Å². The highest BCUT2D eigenvalue weighted by atomic mass is 35.5. The van der Waals surface area contributed by atoms with Gasteiger partial charge in [0.1, 0.15) is 0 Å². The van der Waals surface area contributed by atoms with E-state index in [0.29, 0.717) is 0 Å². The Bertz CT molecular complexity index is 134. The Morgan fingerprint density at radius 1 is 1.73 bits per heavy atom. The maximum atomic E-state index is 10.8. The Hall–Kier alpha value is -0.0300. The van der Waals surface area contributed by atoms with Crippen LogP contribution in [0, 0.1) is 0 Å². The van der Waals surface area contributed by atoms with Crippen LogP contribution in [0.15, 0.2) is 0 Å². The molecule has 0 aromatic carbocycles. The van der Waals surface area contributed by atoms with Crippen molar-refractivity contribution in [2.75, 3.05) is 13.2 Å². The second kappa shape index (κ2) is 4.77. The van der Waals surface area contributed by atoms with Crippen LogP contribution in [-0.2, 0) is 9.63 Å². The molecule has 0 bridgehead atoms. The van der Waals surface area contributed by atoms with E-state index in [0.717, 1.165) is 0 Å². The first-order chi connectivity index (χ1) is 4.98. The minimum atomic E-state index is -1.50. The molecule has 6 heteroatoms. The van der Waals surface area contributed by atoms with Gasteiger partial charge in [-0.1, -0.05) is 23.2 Å². The van der Waals surface area contributed by atoms with Crippen LogP contribution in [-0.4, -0.2) is 28.6 Å². The Labute approximate surface area is 74.4 Å². The summed E-state index contributed by atoms with van der Waals surface area (Å²) in [6.07, 6.45) is 0. The molecule has 0 radical (unpaired) electrons. The second-order valence-corrected chi connectivity index (χ2v) is 3.60. The first-order valence-corrected chi connectivity index (χ1v) is 3.65. The molecule has 0 rings (SSSR count). The van der Waals surface area contributed by atoms with Crippen LogP contribution in [0.3, 0.4) is 0 Å². The Morgan fingerprint density at radius 2 is 2.27 bits per heavy atom. The van der Waals surface area contributed by atoms with Gasteiger partial charge in [-0.15, -0.1) is 0 Å². The summed E-state index contributed by atoms with van der Waals surface area (Å²) in [7, 11) is 0. The topological polar surface area (TPSA) is 58.6 Å². The highest BCUT2D eigenvalue weighted by Crippen LogP contribution is 2.18. The van der Waals surface area contributed by atoms with E-state index in [-0.39, 0.29) is 13.2 Å². The third kappa shape index (κ3) is 5.26. The van der Waals surface area contributed by atoms with Gasteiger partial charge in [0, 0.05) is 0 Å². The minimum absolute atomic E-state index is 0.00952. The molecule has 0 saturated carbocycles. The average molecular weight is 202 g/mol. The number of carbonyl (C=O) groups is 1. The van der Waals surface area contributed by atoms with Crippen LogP contribution in [0.5, 0.6) is 0 Å².